The minimum atomic E-state index is 0.237. The second-order valence-electron chi connectivity index (χ2n) is 4.33. The molecule has 0 saturated heterocycles. The van der Waals surface area contributed by atoms with E-state index < -0.39 is 0 Å². The van der Waals surface area contributed by atoms with Gasteiger partial charge < -0.3 is 0 Å². The average molecular weight is 180 g/mol. The lowest BCUT2D eigenvalue weighted by molar-refractivity contribution is 0.542. The van der Waals surface area contributed by atoms with Crippen LogP contribution < -0.4 is 0 Å². The van der Waals surface area contributed by atoms with E-state index >= 15 is 0 Å². The Labute approximate surface area is 80.4 Å². The predicted octanol–water partition coefficient (Wildman–Crippen LogP) is 3.68. The van der Waals surface area contributed by atoms with E-state index in [1.807, 2.05) is 0 Å². The van der Waals surface area contributed by atoms with Crippen molar-refractivity contribution in [2.45, 2.75) is 33.6 Å². The van der Waals surface area contributed by atoms with E-state index in [0.717, 1.165) is 17.7 Å². The lowest BCUT2D eigenvalue weighted by Gasteiger charge is -2.17. The Kier molecular flexibility index (Phi) is 2.84. The Morgan fingerprint density at radius 1 is 1.42 bits per heavy atom. The molecule has 0 spiro atoms. The van der Waals surface area contributed by atoms with Crippen LogP contribution in [-0.4, -0.2) is 4.86 Å². The van der Waals surface area contributed by atoms with Crippen LogP contribution in [0.4, 0.5) is 0 Å². The Balaban J connectivity index is 2.86. The van der Waals surface area contributed by atoms with Crippen molar-refractivity contribution in [1.82, 2.24) is 0 Å². The maximum Gasteiger partial charge on any atom is 0.0224 e. The van der Waals surface area contributed by atoms with Gasteiger partial charge in [0, 0.05) is 4.86 Å². The molecule has 0 atom stereocenters. The third-order valence-electron chi connectivity index (χ3n) is 1.75. The molecule has 0 aromatic rings. The van der Waals surface area contributed by atoms with Crippen molar-refractivity contribution in [1.29, 1.82) is 0 Å². The zero-order chi connectivity index (χ0) is 9.19. The Bertz CT molecular complexity index is 238. The van der Waals surface area contributed by atoms with E-state index in [2.05, 4.69) is 39.0 Å². The van der Waals surface area contributed by atoms with Crippen LogP contribution in [0.25, 0.3) is 0 Å². The minimum absolute atomic E-state index is 0.237. The Hall–Kier alpha value is -0.430. The van der Waals surface area contributed by atoms with Crippen molar-refractivity contribution < 1.29 is 0 Å². The van der Waals surface area contributed by atoms with E-state index in [4.69, 9.17) is 12.2 Å². The smallest absolute Gasteiger partial charge is 0.0224 e. The Morgan fingerprint density at radius 3 is 2.58 bits per heavy atom. The molecule has 0 radical (unpaired) electrons. The minimum Gasteiger partial charge on any atom is -0.0843 e. The second kappa shape index (κ2) is 3.53. The first-order valence-electron chi connectivity index (χ1n) is 4.42. The molecule has 12 heavy (non-hydrogen) atoms. The summed E-state index contributed by atoms with van der Waals surface area (Å²) in [6, 6.07) is 0. The summed E-state index contributed by atoms with van der Waals surface area (Å²) >= 11 is 5.28. The summed E-state index contributed by atoms with van der Waals surface area (Å²) in [5.74, 6) is 0. The molecule has 0 heterocycles. The monoisotopic (exact) mass is 180 g/mol. The number of rotatable bonds is 0. The van der Waals surface area contributed by atoms with E-state index in [0.29, 0.717) is 0 Å². The number of hydrogen-bond acceptors (Lipinski definition) is 1. The second-order valence-corrected chi connectivity index (χ2v) is 4.82. The SMILES string of the molecule is CC(C)(C)/C=C1\C=CCCC1=S. The summed E-state index contributed by atoms with van der Waals surface area (Å²) in [7, 11) is 0. The number of thiocarbonyl (C=S) groups is 1. The van der Waals surface area contributed by atoms with Crippen molar-refractivity contribution >= 4 is 17.1 Å². The van der Waals surface area contributed by atoms with Crippen molar-refractivity contribution in [3.8, 4) is 0 Å². The van der Waals surface area contributed by atoms with E-state index in [1.54, 1.807) is 0 Å². The van der Waals surface area contributed by atoms with Crippen molar-refractivity contribution in [2.24, 2.45) is 5.41 Å². The molecule has 0 nitrogen and oxygen atoms in total. The maximum absolute atomic E-state index is 5.28. The largest absolute Gasteiger partial charge is 0.0843 e. The molecule has 1 aliphatic rings. The molecule has 66 valence electrons. The molecule has 0 bridgehead atoms. The molecule has 0 amide bonds. The summed E-state index contributed by atoms with van der Waals surface area (Å²) in [6.45, 7) is 6.60. The molecule has 1 rings (SSSR count). The average Bonchev–Trinajstić information content (AvgIpc) is 1.91. The van der Waals surface area contributed by atoms with E-state index in [9.17, 15) is 0 Å². The molecular weight excluding hydrogens is 164 g/mol. The summed E-state index contributed by atoms with van der Waals surface area (Å²) in [4.78, 5) is 1.12. The zero-order valence-corrected chi connectivity index (χ0v) is 8.87. The van der Waals surface area contributed by atoms with Crippen LogP contribution in [0.2, 0.25) is 0 Å². The molecule has 0 aromatic heterocycles. The number of allylic oxidation sites excluding steroid dienone is 4. The van der Waals surface area contributed by atoms with Crippen molar-refractivity contribution in [3.05, 3.63) is 23.8 Å². The first kappa shape index (κ1) is 9.66. The summed E-state index contributed by atoms with van der Waals surface area (Å²) in [5.41, 5.74) is 1.49. The fraction of sp³-hybridized carbons (Fsp3) is 0.545. The van der Waals surface area contributed by atoms with Gasteiger partial charge in [-0.3, -0.25) is 0 Å². The topological polar surface area (TPSA) is 0 Å². The van der Waals surface area contributed by atoms with Crippen LogP contribution >= 0.6 is 12.2 Å². The third-order valence-corrected chi connectivity index (χ3v) is 2.19. The summed E-state index contributed by atoms with van der Waals surface area (Å²) in [5, 5.41) is 0. The van der Waals surface area contributed by atoms with Gasteiger partial charge in [-0.15, -0.1) is 0 Å². The van der Waals surface area contributed by atoms with Crippen LogP contribution in [0.15, 0.2) is 23.8 Å². The van der Waals surface area contributed by atoms with Gasteiger partial charge in [0.05, 0.1) is 0 Å². The maximum atomic E-state index is 5.28. The number of hydrogen-bond donors (Lipinski definition) is 0. The highest BCUT2D eigenvalue weighted by atomic mass is 32.1. The molecule has 0 unspecified atom stereocenters. The molecular formula is C11H16S. The standard InChI is InChI=1S/C11H16S/c1-11(2,3)8-9-6-4-5-7-10(9)12/h4,6,8H,5,7H2,1-3H3/b9-8+. The predicted molar refractivity (Wildman–Crippen MR) is 58.5 cm³/mol. The molecule has 1 heteroatoms. The fourth-order valence-electron chi connectivity index (χ4n) is 1.26. The first-order valence-corrected chi connectivity index (χ1v) is 4.82. The van der Waals surface area contributed by atoms with Crippen LogP contribution in [0.5, 0.6) is 0 Å². The highest BCUT2D eigenvalue weighted by Gasteiger charge is 2.11. The Morgan fingerprint density at radius 2 is 2.08 bits per heavy atom. The molecule has 1 aliphatic carbocycles. The van der Waals surface area contributed by atoms with Gasteiger partial charge in [0.25, 0.3) is 0 Å². The third kappa shape index (κ3) is 2.90. The zero-order valence-electron chi connectivity index (χ0n) is 8.05. The van der Waals surface area contributed by atoms with Crippen LogP contribution in [0.3, 0.4) is 0 Å². The molecule has 0 fully saturated rings. The molecule has 0 aliphatic heterocycles. The van der Waals surface area contributed by atoms with Gasteiger partial charge in [-0.05, 0) is 23.8 Å². The quantitative estimate of drug-likeness (QED) is 0.405. The first-order chi connectivity index (χ1) is 5.49. The van der Waals surface area contributed by atoms with Gasteiger partial charge in [0.2, 0.25) is 0 Å². The van der Waals surface area contributed by atoms with Crippen LogP contribution in [0.1, 0.15) is 33.6 Å². The lowest BCUT2D eigenvalue weighted by atomic mass is 9.90. The molecule has 0 N–H and O–H groups in total. The fourth-order valence-corrected chi connectivity index (χ4v) is 1.50. The normalized spacial score (nSPS) is 21.9. The van der Waals surface area contributed by atoms with Gasteiger partial charge >= 0.3 is 0 Å². The van der Waals surface area contributed by atoms with Gasteiger partial charge in [-0.25, -0.2) is 0 Å². The van der Waals surface area contributed by atoms with E-state index in [1.165, 1.54) is 5.57 Å². The highest BCUT2D eigenvalue weighted by Crippen LogP contribution is 2.22. The van der Waals surface area contributed by atoms with E-state index in [-0.39, 0.29) is 5.41 Å². The molecule has 0 aromatic carbocycles. The summed E-state index contributed by atoms with van der Waals surface area (Å²) < 4.78 is 0. The lowest BCUT2D eigenvalue weighted by Crippen LogP contribution is -2.07. The highest BCUT2D eigenvalue weighted by molar-refractivity contribution is 7.80. The van der Waals surface area contributed by atoms with Crippen LogP contribution in [0, 0.1) is 5.41 Å². The van der Waals surface area contributed by atoms with Gasteiger partial charge in [-0.2, -0.15) is 0 Å². The van der Waals surface area contributed by atoms with Crippen molar-refractivity contribution in [3.63, 3.8) is 0 Å². The molecule has 0 saturated carbocycles. The van der Waals surface area contributed by atoms with Gasteiger partial charge in [-0.1, -0.05) is 51.2 Å². The van der Waals surface area contributed by atoms with Gasteiger partial charge in [0.15, 0.2) is 0 Å². The summed E-state index contributed by atoms with van der Waals surface area (Å²) in [6.07, 6.45) is 8.77. The van der Waals surface area contributed by atoms with Crippen LogP contribution in [-0.2, 0) is 0 Å². The van der Waals surface area contributed by atoms with Crippen molar-refractivity contribution in [2.75, 3.05) is 0 Å². The van der Waals surface area contributed by atoms with Gasteiger partial charge in [0.1, 0.15) is 0 Å².